The first kappa shape index (κ1) is 16.3. The average Bonchev–Trinajstić information content (AvgIpc) is 2.43. The summed E-state index contributed by atoms with van der Waals surface area (Å²) in [5, 5.41) is 0. The van der Waals surface area contributed by atoms with E-state index in [2.05, 4.69) is 0 Å². The van der Waals surface area contributed by atoms with Crippen molar-refractivity contribution in [2.24, 2.45) is 0 Å². The molecule has 5 nitrogen and oxygen atoms in total. The summed E-state index contributed by atoms with van der Waals surface area (Å²) < 4.78 is 36.6. The van der Waals surface area contributed by atoms with Crippen LogP contribution in [-0.4, -0.2) is 51.3 Å². The average molecular weight is 288 g/mol. The number of hydrogen-bond donors (Lipinski definition) is 1. The van der Waals surface area contributed by atoms with E-state index in [4.69, 9.17) is 15.2 Å². The molecule has 2 N–H and O–H groups in total. The molecule has 0 saturated carbocycles. The van der Waals surface area contributed by atoms with E-state index in [0.717, 1.165) is 12.1 Å². The van der Waals surface area contributed by atoms with Gasteiger partial charge in [-0.25, -0.2) is 8.78 Å². The number of ether oxygens (including phenoxy) is 2. The molecule has 0 aliphatic carbocycles. The Morgan fingerprint density at radius 1 is 1.15 bits per heavy atom. The fourth-order valence-corrected chi connectivity index (χ4v) is 1.61. The molecule has 0 bridgehead atoms. The highest BCUT2D eigenvalue weighted by Gasteiger charge is 2.18. The van der Waals surface area contributed by atoms with Crippen molar-refractivity contribution in [1.82, 2.24) is 4.90 Å². The van der Waals surface area contributed by atoms with Crippen molar-refractivity contribution in [3.8, 4) is 0 Å². The van der Waals surface area contributed by atoms with E-state index in [0.29, 0.717) is 26.3 Å². The van der Waals surface area contributed by atoms with Crippen molar-refractivity contribution in [3.63, 3.8) is 0 Å². The van der Waals surface area contributed by atoms with Gasteiger partial charge in [0.15, 0.2) is 0 Å². The smallest absolute Gasteiger partial charge is 0.254 e. The zero-order valence-corrected chi connectivity index (χ0v) is 11.5. The Kier molecular flexibility index (Phi) is 6.33. The summed E-state index contributed by atoms with van der Waals surface area (Å²) in [7, 11) is 3.00. The Hall–Kier alpha value is -1.73. The molecule has 0 aliphatic heterocycles. The van der Waals surface area contributed by atoms with Crippen LogP contribution in [0.4, 0.5) is 14.5 Å². The number of anilines is 1. The zero-order chi connectivity index (χ0) is 15.1. The van der Waals surface area contributed by atoms with Gasteiger partial charge >= 0.3 is 0 Å². The lowest BCUT2D eigenvalue weighted by Crippen LogP contribution is -2.36. The summed E-state index contributed by atoms with van der Waals surface area (Å²) >= 11 is 0. The van der Waals surface area contributed by atoms with Crippen molar-refractivity contribution in [2.75, 3.05) is 46.3 Å². The number of rotatable bonds is 7. The number of halogens is 2. The van der Waals surface area contributed by atoms with Gasteiger partial charge in [-0.2, -0.15) is 0 Å². The van der Waals surface area contributed by atoms with Gasteiger partial charge in [0.2, 0.25) is 0 Å². The fraction of sp³-hybridized carbons (Fsp3) is 0.462. The van der Waals surface area contributed by atoms with Crippen LogP contribution in [-0.2, 0) is 9.47 Å². The Bertz CT molecular complexity index is 438. The maximum absolute atomic E-state index is 13.4. The Labute approximate surface area is 116 Å². The maximum atomic E-state index is 13.4. The second-order valence-electron chi connectivity index (χ2n) is 4.13. The molecule has 0 heterocycles. The molecular weight excluding hydrogens is 270 g/mol. The summed E-state index contributed by atoms with van der Waals surface area (Å²) in [6.45, 7) is 1.23. The van der Waals surface area contributed by atoms with Gasteiger partial charge < -0.3 is 20.1 Å². The summed E-state index contributed by atoms with van der Waals surface area (Å²) in [5.41, 5.74) is 4.48. The van der Waals surface area contributed by atoms with Crippen molar-refractivity contribution in [1.29, 1.82) is 0 Å². The fourth-order valence-electron chi connectivity index (χ4n) is 1.61. The molecule has 1 rings (SSSR count). The summed E-state index contributed by atoms with van der Waals surface area (Å²) in [6, 6.07) is 1.85. The molecule has 0 unspecified atom stereocenters. The van der Waals surface area contributed by atoms with E-state index in [1.165, 1.54) is 19.1 Å². The van der Waals surface area contributed by atoms with Crippen LogP contribution in [0.5, 0.6) is 0 Å². The molecule has 7 heteroatoms. The largest absolute Gasteiger partial charge is 0.394 e. The first-order chi connectivity index (χ1) is 9.51. The number of hydrogen-bond acceptors (Lipinski definition) is 4. The lowest BCUT2D eigenvalue weighted by molar-refractivity contribution is 0.0626. The lowest BCUT2D eigenvalue weighted by atomic mass is 10.1. The summed E-state index contributed by atoms with van der Waals surface area (Å²) in [6.07, 6.45) is 0. The van der Waals surface area contributed by atoms with Crippen molar-refractivity contribution < 1.29 is 23.0 Å². The molecule has 1 aromatic carbocycles. The Morgan fingerprint density at radius 2 is 1.60 bits per heavy atom. The summed E-state index contributed by atoms with van der Waals surface area (Å²) in [4.78, 5) is 13.6. The van der Waals surface area contributed by atoms with E-state index in [1.807, 2.05) is 0 Å². The third kappa shape index (κ3) is 4.14. The number of nitrogen functional groups attached to an aromatic ring is 1. The number of carbonyl (C=O) groups excluding carboxylic acids is 1. The normalized spacial score (nSPS) is 10.6. The third-order valence-corrected chi connectivity index (χ3v) is 2.74. The topological polar surface area (TPSA) is 64.8 Å². The van der Waals surface area contributed by atoms with Crippen LogP contribution < -0.4 is 5.73 Å². The molecule has 0 atom stereocenters. The predicted molar refractivity (Wildman–Crippen MR) is 70.4 cm³/mol. The maximum Gasteiger partial charge on any atom is 0.254 e. The molecule has 112 valence electrons. The molecule has 1 aromatic rings. The van der Waals surface area contributed by atoms with Crippen molar-refractivity contribution in [3.05, 3.63) is 29.3 Å². The van der Waals surface area contributed by atoms with Crippen LogP contribution >= 0.6 is 0 Å². The van der Waals surface area contributed by atoms with Gasteiger partial charge in [0.05, 0.1) is 13.2 Å². The van der Waals surface area contributed by atoms with E-state index >= 15 is 0 Å². The number of nitrogens with two attached hydrogens (primary N) is 1. The molecular formula is C13H18F2N2O3. The predicted octanol–water partition coefficient (Wildman–Crippen LogP) is 1.28. The standard InChI is InChI=1S/C13H18F2N2O3/c1-19-5-3-17(4-6-20-2)13(18)9-7-10(14)12(16)11(15)8-9/h7-8H,3-6,16H2,1-2H3. The van der Waals surface area contributed by atoms with Crippen LogP contribution in [0, 0.1) is 11.6 Å². The number of carbonyl (C=O) groups is 1. The quantitative estimate of drug-likeness (QED) is 0.768. The third-order valence-electron chi connectivity index (χ3n) is 2.74. The molecule has 0 aromatic heterocycles. The van der Waals surface area contributed by atoms with Gasteiger partial charge in [0.25, 0.3) is 5.91 Å². The Balaban J connectivity index is 2.92. The van der Waals surface area contributed by atoms with Crippen molar-refractivity contribution >= 4 is 11.6 Å². The van der Waals surface area contributed by atoms with E-state index in [-0.39, 0.29) is 5.56 Å². The highest BCUT2D eigenvalue weighted by Crippen LogP contribution is 2.18. The first-order valence-electron chi connectivity index (χ1n) is 6.03. The number of benzene rings is 1. The Morgan fingerprint density at radius 3 is 2.00 bits per heavy atom. The molecule has 0 radical (unpaired) electrons. The number of nitrogens with zero attached hydrogens (tertiary/aromatic N) is 1. The molecule has 0 saturated heterocycles. The van der Waals surface area contributed by atoms with Gasteiger partial charge in [0, 0.05) is 32.9 Å². The van der Waals surface area contributed by atoms with E-state index < -0.39 is 23.2 Å². The number of methoxy groups -OCH3 is 2. The molecule has 20 heavy (non-hydrogen) atoms. The molecule has 0 fully saturated rings. The molecule has 0 aliphatic rings. The van der Waals surface area contributed by atoms with Gasteiger partial charge in [-0.3, -0.25) is 4.79 Å². The summed E-state index contributed by atoms with van der Waals surface area (Å²) in [5.74, 6) is -2.41. The zero-order valence-electron chi connectivity index (χ0n) is 11.5. The lowest BCUT2D eigenvalue weighted by Gasteiger charge is -2.22. The van der Waals surface area contributed by atoms with Gasteiger partial charge in [-0.1, -0.05) is 0 Å². The van der Waals surface area contributed by atoms with Crippen LogP contribution in [0.3, 0.4) is 0 Å². The first-order valence-corrected chi connectivity index (χ1v) is 6.03. The van der Waals surface area contributed by atoms with Gasteiger partial charge in [-0.05, 0) is 12.1 Å². The molecule has 1 amide bonds. The van der Waals surface area contributed by atoms with Crippen LogP contribution in [0.15, 0.2) is 12.1 Å². The van der Waals surface area contributed by atoms with Crippen LogP contribution in [0.2, 0.25) is 0 Å². The van der Waals surface area contributed by atoms with E-state index in [9.17, 15) is 13.6 Å². The van der Waals surface area contributed by atoms with Gasteiger partial charge in [0.1, 0.15) is 17.3 Å². The SMILES string of the molecule is COCCN(CCOC)C(=O)c1cc(F)c(N)c(F)c1. The van der Waals surface area contributed by atoms with Crippen LogP contribution in [0.25, 0.3) is 0 Å². The highest BCUT2D eigenvalue weighted by molar-refractivity contribution is 5.94. The second-order valence-corrected chi connectivity index (χ2v) is 4.13. The van der Waals surface area contributed by atoms with Crippen LogP contribution in [0.1, 0.15) is 10.4 Å². The van der Waals surface area contributed by atoms with Gasteiger partial charge in [-0.15, -0.1) is 0 Å². The minimum absolute atomic E-state index is 0.0959. The highest BCUT2D eigenvalue weighted by atomic mass is 19.1. The minimum Gasteiger partial charge on any atom is -0.394 e. The number of amides is 1. The van der Waals surface area contributed by atoms with Crippen molar-refractivity contribution in [2.45, 2.75) is 0 Å². The monoisotopic (exact) mass is 288 g/mol. The minimum atomic E-state index is -0.952. The molecule has 0 spiro atoms. The van der Waals surface area contributed by atoms with E-state index in [1.54, 1.807) is 0 Å². The second kappa shape index (κ2) is 7.76.